The minimum atomic E-state index is -0.263. The van der Waals surface area contributed by atoms with E-state index < -0.39 is 0 Å². The van der Waals surface area contributed by atoms with Gasteiger partial charge in [0.05, 0.1) is 25.7 Å². The highest BCUT2D eigenvalue weighted by atomic mass is 16.2. The van der Waals surface area contributed by atoms with Crippen LogP contribution in [0.4, 0.5) is 5.69 Å². The van der Waals surface area contributed by atoms with Crippen molar-refractivity contribution in [2.75, 3.05) is 25.5 Å². The maximum absolute atomic E-state index is 13.3. The zero-order valence-electron chi connectivity index (χ0n) is 14.1. The Morgan fingerprint density at radius 2 is 1.71 bits per heavy atom. The SMILES string of the molecule is C[NH+]1CCC2(CC1)Nc1ccccc1C(=O)N2Cc1ccccc1. The third kappa shape index (κ3) is 2.57. The lowest BCUT2D eigenvalue weighted by Crippen LogP contribution is -3.11. The van der Waals surface area contributed by atoms with Gasteiger partial charge in [-0.3, -0.25) is 4.79 Å². The molecule has 0 unspecified atom stereocenters. The first-order valence-corrected chi connectivity index (χ1v) is 8.72. The summed E-state index contributed by atoms with van der Waals surface area (Å²) in [5.74, 6) is 0.146. The molecule has 2 aliphatic heterocycles. The highest BCUT2D eigenvalue weighted by molar-refractivity contribution is 6.02. The summed E-state index contributed by atoms with van der Waals surface area (Å²) in [7, 11) is 2.23. The quantitative estimate of drug-likeness (QED) is 0.884. The average Bonchev–Trinajstić information content (AvgIpc) is 2.62. The first kappa shape index (κ1) is 15.2. The van der Waals surface area contributed by atoms with Crippen molar-refractivity contribution in [3.8, 4) is 0 Å². The normalized spacial score (nSPS) is 26.1. The van der Waals surface area contributed by atoms with Gasteiger partial charge in [-0.25, -0.2) is 0 Å². The number of benzene rings is 2. The molecule has 1 saturated heterocycles. The summed E-state index contributed by atoms with van der Waals surface area (Å²) in [6.07, 6.45) is 1.96. The van der Waals surface area contributed by atoms with E-state index in [4.69, 9.17) is 0 Å². The molecule has 4 heteroatoms. The minimum absolute atomic E-state index is 0.146. The molecule has 2 N–H and O–H groups in total. The molecule has 124 valence electrons. The molecule has 2 aromatic carbocycles. The van der Waals surface area contributed by atoms with Crippen LogP contribution in [-0.4, -0.2) is 36.6 Å². The maximum atomic E-state index is 13.3. The van der Waals surface area contributed by atoms with E-state index in [0.717, 1.165) is 37.2 Å². The summed E-state index contributed by atoms with van der Waals surface area (Å²) in [6, 6.07) is 18.2. The number of hydrogen-bond acceptors (Lipinski definition) is 2. The topological polar surface area (TPSA) is 36.8 Å². The van der Waals surface area contributed by atoms with Crippen LogP contribution >= 0.6 is 0 Å². The molecule has 4 rings (SSSR count). The van der Waals surface area contributed by atoms with E-state index in [1.165, 1.54) is 10.5 Å². The number of carbonyl (C=O) groups excluding carboxylic acids is 1. The van der Waals surface area contributed by atoms with Crippen LogP contribution in [0.3, 0.4) is 0 Å². The van der Waals surface area contributed by atoms with Crippen molar-refractivity contribution in [3.05, 3.63) is 65.7 Å². The van der Waals surface area contributed by atoms with E-state index in [1.807, 2.05) is 42.5 Å². The van der Waals surface area contributed by atoms with Gasteiger partial charge in [0, 0.05) is 25.1 Å². The second kappa shape index (κ2) is 5.95. The predicted octanol–water partition coefficient (Wildman–Crippen LogP) is 1.76. The van der Waals surface area contributed by atoms with Crippen LogP contribution in [-0.2, 0) is 6.54 Å². The second-order valence-electron chi connectivity index (χ2n) is 7.04. The van der Waals surface area contributed by atoms with Crippen molar-refractivity contribution in [1.82, 2.24) is 4.90 Å². The first-order valence-electron chi connectivity index (χ1n) is 8.72. The van der Waals surface area contributed by atoms with Gasteiger partial charge >= 0.3 is 0 Å². The largest absolute Gasteiger partial charge is 0.362 e. The Kier molecular flexibility index (Phi) is 3.77. The molecule has 24 heavy (non-hydrogen) atoms. The van der Waals surface area contributed by atoms with Crippen molar-refractivity contribution in [3.63, 3.8) is 0 Å². The molecular formula is C20H24N3O+. The van der Waals surface area contributed by atoms with Crippen LogP contribution in [0.25, 0.3) is 0 Å². The van der Waals surface area contributed by atoms with Gasteiger partial charge in [0.25, 0.3) is 5.91 Å². The van der Waals surface area contributed by atoms with Gasteiger partial charge in [-0.1, -0.05) is 42.5 Å². The summed E-state index contributed by atoms with van der Waals surface area (Å²) in [4.78, 5) is 16.9. The van der Waals surface area contributed by atoms with Crippen molar-refractivity contribution < 1.29 is 9.69 Å². The number of para-hydroxylation sites is 1. The zero-order chi connectivity index (χ0) is 16.6. The zero-order valence-corrected chi connectivity index (χ0v) is 14.1. The third-order valence-corrected chi connectivity index (χ3v) is 5.40. The number of hydrogen-bond donors (Lipinski definition) is 2. The van der Waals surface area contributed by atoms with E-state index in [2.05, 4.69) is 29.4 Å². The summed E-state index contributed by atoms with van der Waals surface area (Å²) >= 11 is 0. The van der Waals surface area contributed by atoms with Crippen molar-refractivity contribution in [1.29, 1.82) is 0 Å². The van der Waals surface area contributed by atoms with Crippen molar-refractivity contribution in [2.24, 2.45) is 0 Å². The van der Waals surface area contributed by atoms with E-state index in [1.54, 1.807) is 0 Å². The summed E-state index contributed by atoms with van der Waals surface area (Å²) in [5, 5.41) is 3.73. The molecule has 0 atom stereocenters. The van der Waals surface area contributed by atoms with E-state index in [-0.39, 0.29) is 11.6 Å². The predicted molar refractivity (Wildman–Crippen MR) is 95.0 cm³/mol. The Morgan fingerprint density at radius 1 is 1.04 bits per heavy atom. The molecule has 0 aromatic heterocycles. The van der Waals surface area contributed by atoms with E-state index in [0.29, 0.717) is 6.54 Å². The van der Waals surface area contributed by atoms with Crippen LogP contribution in [0.1, 0.15) is 28.8 Å². The van der Waals surface area contributed by atoms with Gasteiger partial charge in [-0.15, -0.1) is 0 Å². The number of fused-ring (bicyclic) bond motifs is 1. The Hall–Kier alpha value is -2.33. The smallest absolute Gasteiger partial charge is 0.258 e. The molecule has 0 aliphatic carbocycles. The Balaban J connectivity index is 1.73. The molecular weight excluding hydrogens is 298 g/mol. The summed E-state index contributed by atoms with van der Waals surface area (Å²) < 4.78 is 0. The van der Waals surface area contributed by atoms with E-state index in [9.17, 15) is 4.79 Å². The number of amides is 1. The monoisotopic (exact) mass is 322 g/mol. The molecule has 2 aromatic rings. The molecule has 1 fully saturated rings. The molecule has 2 aliphatic rings. The number of piperidine rings is 1. The number of nitrogens with one attached hydrogen (secondary N) is 2. The summed E-state index contributed by atoms with van der Waals surface area (Å²) in [6.45, 7) is 2.81. The van der Waals surface area contributed by atoms with Crippen LogP contribution in [0, 0.1) is 0 Å². The fourth-order valence-electron chi connectivity index (χ4n) is 3.91. The number of nitrogens with zero attached hydrogens (tertiary/aromatic N) is 1. The molecule has 2 heterocycles. The Labute approximate surface area is 143 Å². The lowest BCUT2D eigenvalue weighted by Gasteiger charge is -2.50. The second-order valence-corrected chi connectivity index (χ2v) is 7.04. The maximum Gasteiger partial charge on any atom is 0.258 e. The molecule has 0 saturated carbocycles. The lowest BCUT2D eigenvalue weighted by atomic mass is 9.89. The third-order valence-electron chi connectivity index (χ3n) is 5.40. The standard InChI is InChI=1S/C20H23N3O/c1-22-13-11-20(12-14-22)21-18-10-6-5-9-17(18)19(24)23(20)15-16-7-3-2-4-8-16/h2-10,21H,11-15H2,1H3/p+1. The Bertz CT molecular complexity index is 736. The van der Waals surface area contributed by atoms with Gasteiger partial charge < -0.3 is 15.1 Å². The fraction of sp³-hybridized carbons (Fsp3) is 0.350. The first-order chi connectivity index (χ1) is 11.7. The fourth-order valence-corrected chi connectivity index (χ4v) is 3.91. The van der Waals surface area contributed by atoms with Gasteiger partial charge in [0.2, 0.25) is 0 Å². The molecule has 0 radical (unpaired) electrons. The number of rotatable bonds is 2. The molecule has 0 bridgehead atoms. The Morgan fingerprint density at radius 3 is 2.46 bits per heavy atom. The molecule has 4 nitrogen and oxygen atoms in total. The highest BCUT2D eigenvalue weighted by Crippen LogP contribution is 2.36. The molecule has 1 amide bonds. The van der Waals surface area contributed by atoms with Gasteiger partial charge in [0.15, 0.2) is 0 Å². The van der Waals surface area contributed by atoms with Crippen LogP contribution in [0.5, 0.6) is 0 Å². The average molecular weight is 322 g/mol. The van der Waals surface area contributed by atoms with Gasteiger partial charge in [-0.2, -0.15) is 0 Å². The van der Waals surface area contributed by atoms with Crippen LogP contribution in [0.15, 0.2) is 54.6 Å². The van der Waals surface area contributed by atoms with Crippen molar-refractivity contribution >= 4 is 11.6 Å². The van der Waals surface area contributed by atoms with Crippen LogP contribution in [0.2, 0.25) is 0 Å². The van der Waals surface area contributed by atoms with Gasteiger partial charge in [0.1, 0.15) is 5.66 Å². The number of anilines is 1. The number of quaternary nitrogens is 1. The summed E-state index contributed by atoms with van der Waals surface area (Å²) in [5.41, 5.74) is 2.68. The number of likely N-dealkylation sites (tertiary alicyclic amines) is 1. The van der Waals surface area contributed by atoms with E-state index >= 15 is 0 Å². The van der Waals surface area contributed by atoms with Gasteiger partial charge in [-0.05, 0) is 17.7 Å². The number of carbonyl (C=O) groups is 1. The lowest BCUT2D eigenvalue weighted by molar-refractivity contribution is -0.886. The molecule has 1 spiro atoms. The highest BCUT2D eigenvalue weighted by Gasteiger charge is 2.47. The van der Waals surface area contributed by atoms with Crippen LogP contribution < -0.4 is 10.2 Å². The minimum Gasteiger partial charge on any atom is -0.362 e. The van der Waals surface area contributed by atoms with Crippen molar-refractivity contribution in [2.45, 2.75) is 25.0 Å².